The zero-order valence-corrected chi connectivity index (χ0v) is 13.5. The van der Waals surface area contributed by atoms with Gasteiger partial charge in [0, 0.05) is 24.7 Å². The number of hydrogen-bond acceptors (Lipinski definition) is 6. The largest absolute Gasteiger partial charge is 0.347 e. The molecule has 3 aromatic rings. The summed E-state index contributed by atoms with van der Waals surface area (Å²) >= 11 is 0. The second-order valence-corrected chi connectivity index (χ2v) is 5.82. The van der Waals surface area contributed by atoms with Crippen LogP contribution < -0.4 is 10.7 Å². The molecular formula is C17H17N7O. The van der Waals surface area contributed by atoms with Gasteiger partial charge in [-0.15, -0.1) is 10.2 Å². The third-order valence-electron chi connectivity index (χ3n) is 4.11. The van der Waals surface area contributed by atoms with Crippen LogP contribution in [0.4, 0.5) is 0 Å². The van der Waals surface area contributed by atoms with Crippen LogP contribution in [0, 0.1) is 0 Å². The van der Waals surface area contributed by atoms with Crippen molar-refractivity contribution in [1.82, 2.24) is 35.0 Å². The van der Waals surface area contributed by atoms with E-state index in [9.17, 15) is 4.79 Å². The summed E-state index contributed by atoms with van der Waals surface area (Å²) in [5.74, 6) is 1.21. The predicted octanol–water partition coefficient (Wildman–Crippen LogP) is 1.18. The Morgan fingerprint density at radius 3 is 2.76 bits per heavy atom. The van der Waals surface area contributed by atoms with Crippen LogP contribution in [-0.2, 0) is 0 Å². The Hall–Kier alpha value is -3.13. The molecule has 0 atom stereocenters. The van der Waals surface area contributed by atoms with Gasteiger partial charge in [-0.3, -0.25) is 9.36 Å². The van der Waals surface area contributed by atoms with E-state index >= 15 is 0 Å². The summed E-state index contributed by atoms with van der Waals surface area (Å²) in [5, 5.41) is 11.6. The molecule has 1 saturated heterocycles. The zero-order chi connectivity index (χ0) is 17.1. The number of pyridine rings is 1. The fourth-order valence-electron chi connectivity index (χ4n) is 2.76. The Morgan fingerprint density at radius 2 is 2.08 bits per heavy atom. The smallest absolute Gasteiger partial charge is 0.193 e. The number of aromatic nitrogens is 6. The minimum Gasteiger partial charge on any atom is -0.347 e. The van der Waals surface area contributed by atoms with E-state index in [0.29, 0.717) is 22.9 Å². The van der Waals surface area contributed by atoms with E-state index in [1.807, 2.05) is 6.08 Å². The van der Waals surface area contributed by atoms with Gasteiger partial charge in [-0.25, -0.2) is 9.97 Å². The first-order valence-electron chi connectivity index (χ1n) is 8.11. The SMILES string of the molecule is O=c1cc(-n2ccnc2)[nH]cc1-c1cnc(C=C2CCNCC2)nn1. The van der Waals surface area contributed by atoms with Crippen molar-refractivity contribution in [2.75, 3.05) is 13.1 Å². The predicted molar refractivity (Wildman–Crippen MR) is 93.1 cm³/mol. The molecule has 1 aliphatic heterocycles. The second-order valence-electron chi connectivity index (χ2n) is 5.82. The topological polar surface area (TPSA) is 101 Å². The molecule has 25 heavy (non-hydrogen) atoms. The molecule has 8 nitrogen and oxygen atoms in total. The highest BCUT2D eigenvalue weighted by molar-refractivity contribution is 5.57. The number of rotatable bonds is 3. The summed E-state index contributed by atoms with van der Waals surface area (Å²) in [5.41, 5.74) is 2.05. The van der Waals surface area contributed by atoms with Crippen LogP contribution in [0.5, 0.6) is 0 Å². The van der Waals surface area contributed by atoms with Crippen LogP contribution in [0.25, 0.3) is 23.2 Å². The Bertz CT molecular complexity index is 934. The van der Waals surface area contributed by atoms with Gasteiger partial charge in [-0.1, -0.05) is 5.57 Å². The minimum absolute atomic E-state index is 0.150. The van der Waals surface area contributed by atoms with Crippen molar-refractivity contribution in [2.24, 2.45) is 0 Å². The van der Waals surface area contributed by atoms with Gasteiger partial charge in [0.2, 0.25) is 0 Å². The second kappa shape index (κ2) is 6.78. The van der Waals surface area contributed by atoms with Gasteiger partial charge < -0.3 is 10.3 Å². The first-order chi connectivity index (χ1) is 12.3. The average Bonchev–Trinajstić information content (AvgIpc) is 3.18. The van der Waals surface area contributed by atoms with E-state index in [4.69, 9.17) is 0 Å². The molecule has 0 spiro atoms. The standard InChI is InChI=1S/C17H17N7O/c25-15-8-17(24-6-5-19-11-24)21-9-13(15)14-10-20-16(23-22-14)7-12-1-3-18-4-2-12/h5-11,18H,1-4H2,(H,21,25). The van der Waals surface area contributed by atoms with Crippen molar-refractivity contribution in [2.45, 2.75) is 12.8 Å². The Balaban J connectivity index is 1.59. The molecule has 4 rings (SSSR count). The van der Waals surface area contributed by atoms with Crippen molar-refractivity contribution in [3.63, 3.8) is 0 Å². The first-order valence-corrected chi connectivity index (χ1v) is 8.11. The molecule has 4 heterocycles. The van der Waals surface area contributed by atoms with Gasteiger partial charge in [0.15, 0.2) is 11.3 Å². The van der Waals surface area contributed by atoms with Crippen LogP contribution in [0.15, 0.2) is 47.5 Å². The fourth-order valence-corrected chi connectivity index (χ4v) is 2.76. The highest BCUT2D eigenvalue weighted by Gasteiger charge is 2.09. The fraction of sp³-hybridized carbons (Fsp3) is 0.235. The summed E-state index contributed by atoms with van der Waals surface area (Å²) in [6.45, 7) is 1.96. The maximum absolute atomic E-state index is 12.4. The molecule has 126 valence electrons. The molecule has 0 aromatic carbocycles. The van der Waals surface area contributed by atoms with E-state index in [1.165, 1.54) is 11.6 Å². The van der Waals surface area contributed by atoms with Gasteiger partial charge >= 0.3 is 0 Å². The summed E-state index contributed by atoms with van der Waals surface area (Å²) < 4.78 is 1.73. The van der Waals surface area contributed by atoms with Crippen LogP contribution in [0.2, 0.25) is 0 Å². The van der Waals surface area contributed by atoms with Crippen molar-refractivity contribution >= 4 is 6.08 Å². The number of nitrogens with one attached hydrogen (secondary N) is 2. The quantitative estimate of drug-likeness (QED) is 0.745. The molecule has 3 aromatic heterocycles. The summed E-state index contributed by atoms with van der Waals surface area (Å²) in [7, 11) is 0. The lowest BCUT2D eigenvalue weighted by atomic mass is 10.1. The Kier molecular flexibility index (Phi) is 4.17. The van der Waals surface area contributed by atoms with Crippen LogP contribution in [-0.4, -0.2) is 42.8 Å². The van der Waals surface area contributed by atoms with Crippen molar-refractivity contribution in [3.8, 4) is 17.1 Å². The number of imidazole rings is 1. The highest BCUT2D eigenvalue weighted by atomic mass is 16.1. The van der Waals surface area contributed by atoms with E-state index in [1.54, 1.807) is 35.7 Å². The number of hydrogen-bond donors (Lipinski definition) is 2. The minimum atomic E-state index is -0.150. The molecule has 0 aliphatic carbocycles. The summed E-state index contributed by atoms with van der Waals surface area (Å²) in [6, 6.07) is 1.50. The van der Waals surface area contributed by atoms with E-state index in [2.05, 4.69) is 30.5 Å². The molecule has 0 saturated carbocycles. The molecular weight excluding hydrogens is 318 g/mol. The molecule has 2 N–H and O–H groups in total. The maximum atomic E-state index is 12.4. The van der Waals surface area contributed by atoms with Crippen LogP contribution in [0.1, 0.15) is 18.7 Å². The Morgan fingerprint density at radius 1 is 1.20 bits per heavy atom. The molecule has 1 fully saturated rings. The molecule has 8 heteroatoms. The number of aromatic amines is 1. The normalized spacial score (nSPS) is 14.5. The Labute approximate surface area is 143 Å². The maximum Gasteiger partial charge on any atom is 0.193 e. The van der Waals surface area contributed by atoms with Crippen molar-refractivity contribution in [3.05, 3.63) is 58.8 Å². The van der Waals surface area contributed by atoms with E-state index in [0.717, 1.165) is 25.9 Å². The van der Waals surface area contributed by atoms with Crippen molar-refractivity contribution in [1.29, 1.82) is 0 Å². The van der Waals surface area contributed by atoms with Crippen LogP contribution in [0.3, 0.4) is 0 Å². The summed E-state index contributed by atoms with van der Waals surface area (Å²) in [4.78, 5) is 23.7. The van der Waals surface area contributed by atoms with Gasteiger partial charge in [0.25, 0.3) is 0 Å². The van der Waals surface area contributed by atoms with Gasteiger partial charge in [-0.2, -0.15) is 0 Å². The van der Waals surface area contributed by atoms with Gasteiger partial charge in [0.1, 0.15) is 17.8 Å². The van der Waals surface area contributed by atoms with E-state index in [-0.39, 0.29) is 5.43 Å². The molecule has 0 unspecified atom stereocenters. The average molecular weight is 335 g/mol. The van der Waals surface area contributed by atoms with Crippen LogP contribution >= 0.6 is 0 Å². The lowest BCUT2D eigenvalue weighted by Crippen LogP contribution is -2.23. The monoisotopic (exact) mass is 335 g/mol. The first kappa shape index (κ1) is 15.4. The third kappa shape index (κ3) is 3.38. The summed E-state index contributed by atoms with van der Waals surface area (Å²) in [6.07, 6.45) is 12.2. The lowest BCUT2D eigenvalue weighted by Gasteiger charge is -2.14. The molecule has 0 radical (unpaired) electrons. The van der Waals surface area contributed by atoms with E-state index < -0.39 is 0 Å². The molecule has 0 bridgehead atoms. The van der Waals surface area contributed by atoms with Gasteiger partial charge in [0.05, 0.1) is 11.8 Å². The van der Waals surface area contributed by atoms with Gasteiger partial charge in [-0.05, 0) is 32.0 Å². The van der Waals surface area contributed by atoms with Crippen molar-refractivity contribution < 1.29 is 0 Å². The number of piperidine rings is 1. The number of nitrogens with zero attached hydrogens (tertiary/aromatic N) is 5. The number of H-pyrrole nitrogens is 1. The zero-order valence-electron chi connectivity index (χ0n) is 13.5. The lowest BCUT2D eigenvalue weighted by molar-refractivity contribution is 0.613. The highest BCUT2D eigenvalue weighted by Crippen LogP contribution is 2.14. The molecule has 0 amide bonds. The molecule has 1 aliphatic rings. The third-order valence-corrected chi connectivity index (χ3v) is 4.11.